The molecule has 1 aliphatic heterocycles. The molecule has 1 aromatic carbocycles. The highest BCUT2D eigenvalue weighted by molar-refractivity contribution is 5.96. The third-order valence-electron chi connectivity index (χ3n) is 3.16. The van der Waals surface area contributed by atoms with E-state index in [1.165, 1.54) is 5.56 Å². The maximum absolute atomic E-state index is 12.1. The molecule has 19 heavy (non-hydrogen) atoms. The van der Waals surface area contributed by atoms with Gasteiger partial charge in [-0.2, -0.15) is 0 Å². The minimum Gasteiger partial charge on any atom is -0.394 e. The third-order valence-corrected chi connectivity index (χ3v) is 3.16. The van der Waals surface area contributed by atoms with Gasteiger partial charge in [-0.25, -0.2) is 0 Å². The lowest BCUT2D eigenvalue weighted by Crippen LogP contribution is -2.31. The van der Waals surface area contributed by atoms with Gasteiger partial charge in [-0.3, -0.25) is 4.79 Å². The molecule has 0 aromatic heterocycles. The Labute approximate surface area is 113 Å². The van der Waals surface area contributed by atoms with Crippen molar-refractivity contribution in [3.63, 3.8) is 0 Å². The van der Waals surface area contributed by atoms with Gasteiger partial charge >= 0.3 is 0 Å². The van der Waals surface area contributed by atoms with Gasteiger partial charge in [0, 0.05) is 18.7 Å². The number of benzene rings is 1. The van der Waals surface area contributed by atoms with Gasteiger partial charge in [0.25, 0.3) is 5.91 Å². The summed E-state index contributed by atoms with van der Waals surface area (Å²) in [5.74, 6) is -0.0619. The molecule has 0 fully saturated rings. The summed E-state index contributed by atoms with van der Waals surface area (Å²) in [6.45, 7) is 2.90. The van der Waals surface area contributed by atoms with Crippen molar-refractivity contribution in [2.75, 3.05) is 32.9 Å². The molecule has 0 radical (unpaired) electrons. The van der Waals surface area contributed by atoms with Crippen LogP contribution < -0.4 is 10.6 Å². The van der Waals surface area contributed by atoms with Crippen molar-refractivity contribution in [1.82, 2.24) is 10.6 Å². The summed E-state index contributed by atoms with van der Waals surface area (Å²) in [7, 11) is 0. The Balaban J connectivity index is 1.92. The molecule has 1 heterocycles. The van der Waals surface area contributed by atoms with Crippen LogP contribution in [0.1, 0.15) is 21.5 Å². The highest BCUT2D eigenvalue weighted by atomic mass is 16.5. The Kier molecular flexibility index (Phi) is 5.32. The van der Waals surface area contributed by atoms with Crippen molar-refractivity contribution in [3.05, 3.63) is 34.9 Å². The average Bonchev–Trinajstić information content (AvgIpc) is 2.46. The fourth-order valence-corrected chi connectivity index (χ4v) is 2.23. The van der Waals surface area contributed by atoms with Gasteiger partial charge in [-0.1, -0.05) is 12.1 Å². The molecule has 0 unspecified atom stereocenters. The summed E-state index contributed by atoms with van der Waals surface area (Å²) in [6, 6.07) is 5.87. The van der Waals surface area contributed by atoms with Crippen LogP contribution in [0.5, 0.6) is 0 Å². The van der Waals surface area contributed by atoms with Crippen LogP contribution in [-0.2, 0) is 17.7 Å². The molecule has 0 atom stereocenters. The summed E-state index contributed by atoms with van der Waals surface area (Å²) in [4.78, 5) is 12.1. The van der Waals surface area contributed by atoms with Crippen LogP contribution in [0.25, 0.3) is 0 Å². The van der Waals surface area contributed by atoms with E-state index in [0.717, 1.165) is 30.6 Å². The first-order valence-electron chi connectivity index (χ1n) is 6.61. The standard InChI is InChI=1S/C14H20N2O3/c17-7-9-19-8-6-16-14(18)12-3-1-2-11-4-5-15-10-13(11)12/h1-3,15,17H,4-10H2,(H,16,18). The molecular weight excluding hydrogens is 244 g/mol. The van der Waals surface area contributed by atoms with Crippen LogP contribution in [0.3, 0.4) is 0 Å². The topological polar surface area (TPSA) is 70.6 Å². The van der Waals surface area contributed by atoms with Crippen LogP contribution in [0.15, 0.2) is 18.2 Å². The van der Waals surface area contributed by atoms with Crippen LogP contribution in [0.4, 0.5) is 0 Å². The predicted octanol–water partition coefficient (Wildman–Crippen LogP) is 0.0710. The molecule has 3 N–H and O–H groups in total. The Bertz CT molecular complexity index is 435. The van der Waals surface area contributed by atoms with Crippen molar-refractivity contribution in [2.24, 2.45) is 0 Å². The largest absolute Gasteiger partial charge is 0.394 e. The maximum atomic E-state index is 12.1. The third kappa shape index (κ3) is 3.76. The minimum atomic E-state index is -0.0619. The molecule has 1 aromatic rings. The van der Waals surface area contributed by atoms with Gasteiger partial charge in [0.1, 0.15) is 0 Å². The summed E-state index contributed by atoms with van der Waals surface area (Å²) in [5, 5.41) is 14.7. The molecule has 0 saturated heterocycles. The van der Waals surface area contributed by atoms with Crippen molar-refractivity contribution < 1.29 is 14.6 Å². The molecular formula is C14H20N2O3. The number of hydrogen-bond acceptors (Lipinski definition) is 4. The van der Waals surface area contributed by atoms with Gasteiger partial charge in [0.05, 0.1) is 19.8 Å². The molecule has 0 aliphatic carbocycles. The van der Waals surface area contributed by atoms with E-state index in [1.807, 2.05) is 12.1 Å². The minimum absolute atomic E-state index is 0.00576. The Morgan fingerprint density at radius 3 is 3.16 bits per heavy atom. The van der Waals surface area contributed by atoms with Crippen molar-refractivity contribution in [3.8, 4) is 0 Å². The number of ether oxygens (including phenoxy) is 1. The normalized spacial score (nSPS) is 13.9. The lowest BCUT2D eigenvalue weighted by molar-refractivity contribution is 0.0837. The first-order valence-corrected chi connectivity index (χ1v) is 6.61. The number of aliphatic hydroxyl groups excluding tert-OH is 1. The number of aliphatic hydroxyl groups is 1. The van der Waals surface area contributed by atoms with Crippen molar-refractivity contribution in [1.29, 1.82) is 0 Å². The fraction of sp³-hybridized carbons (Fsp3) is 0.500. The SMILES string of the molecule is O=C(NCCOCCO)c1cccc2c1CNCC2. The maximum Gasteiger partial charge on any atom is 0.251 e. The quantitative estimate of drug-likeness (QED) is 0.636. The average molecular weight is 264 g/mol. The molecule has 5 heteroatoms. The van der Waals surface area contributed by atoms with Gasteiger partial charge < -0.3 is 20.5 Å². The first-order chi connectivity index (χ1) is 9.33. The van der Waals surface area contributed by atoms with Crippen LogP contribution in [-0.4, -0.2) is 43.9 Å². The number of hydrogen-bond donors (Lipinski definition) is 3. The lowest BCUT2D eigenvalue weighted by Gasteiger charge is -2.20. The number of amides is 1. The summed E-state index contributed by atoms with van der Waals surface area (Å²) in [6.07, 6.45) is 0.968. The zero-order valence-corrected chi connectivity index (χ0v) is 10.9. The van der Waals surface area contributed by atoms with E-state index in [2.05, 4.69) is 16.7 Å². The first kappa shape index (κ1) is 14.0. The van der Waals surface area contributed by atoms with Gasteiger partial charge in [-0.05, 0) is 30.2 Å². The molecule has 1 aliphatic rings. The number of nitrogens with one attached hydrogen (secondary N) is 2. The molecule has 0 saturated carbocycles. The fourth-order valence-electron chi connectivity index (χ4n) is 2.23. The van der Waals surface area contributed by atoms with E-state index in [9.17, 15) is 4.79 Å². The predicted molar refractivity (Wildman–Crippen MR) is 72.1 cm³/mol. The van der Waals surface area contributed by atoms with E-state index in [-0.39, 0.29) is 12.5 Å². The number of fused-ring (bicyclic) bond motifs is 1. The number of carbonyl (C=O) groups is 1. The zero-order chi connectivity index (χ0) is 13.5. The van der Waals surface area contributed by atoms with E-state index in [0.29, 0.717) is 19.8 Å². The Morgan fingerprint density at radius 2 is 2.32 bits per heavy atom. The summed E-state index contributed by atoms with van der Waals surface area (Å²) >= 11 is 0. The van der Waals surface area contributed by atoms with Crippen molar-refractivity contribution >= 4 is 5.91 Å². The van der Waals surface area contributed by atoms with E-state index >= 15 is 0 Å². The Hall–Kier alpha value is -1.43. The van der Waals surface area contributed by atoms with E-state index in [4.69, 9.17) is 9.84 Å². The van der Waals surface area contributed by atoms with E-state index in [1.54, 1.807) is 0 Å². The van der Waals surface area contributed by atoms with Crippen LogP contribution in [0.2, 0.25) is 0 Å². The lowest BCUT2D eigenvalue weighted by atomic mass is 9.95. The van der Waals surface area contributed by atoms with Crippen LogP contribution >= 0.6 is 0 Å². The summed E-state index contributed by atoms with van der Waals surface area (Å²) in [5.41, 5.74) is 3.09. The second-order valence-electron chi connectivity index (χ2n) is 4.46. The Morgan fingerprint density at radius 1 is 1.42 bits per heavy atom. The smallest absolute Gasteiger partial charge is 0.251 e. The molecule has 1 amide bonds. The van der Waals surface area contributed by atoms with Gasteiger partial charge in [-0.15, -0.1) is 0 Å². The number of carbonyl (C=O) groups excluding carboxylic acids is 1. The molecule has 2 rings (SSSR count). The summed E-state index contributed by atoms with van der Waals surface area (Å²) < 4.78 is 5.10. The number of rotatable bonds is 6. The second-order valence-corrected chi connectivity index (χ2v) is 4.46. The molecule has 5 nitrogen and oxygen atoms in total. The van der Waals surface area contributed by atoms with Gasteiger partial charge in [0.2, 0.25) is 0 Å². The highest BCUT2D eigenvalue weighted by Gasteiger charge is 2.16. The zero-order valence-electron chi connectivity index (χ0n) is 10.9. The van der Waals surface area contributed by atoms with Crippen molar-refractivity contribution in [2.45, 2.75) is 13.0 Å². The van der Waals surface area contributed by atoms with E-state index < -0.39 is 0 Å². The monoisotopic (exact) mass is 264 g/mol. The highest BCUT2D eigenvalue weighted by Crippen LogP contribution is 2.18. The molecule has 0 spiro atoms. The van der Waals surface area contributed by atoms with Crippen LogP contribution in [0, 0.1) is 0 Å². The second kappa shape index (κ2) is 7.23. The molecule has 0 bridgehead atoms. The van der Waals surface area contributed by atoms with Gasteiger partial charge in [0.15, 0.2) is 0 Å². The molecule has 104 valence electrons.